The van der Waals surface area contributed by atoms with Gasteiger partial charge in [0.15, 0.2) is 0 Å². The molecule has 84 valence electrons. The molecule has 4 bridgehead atoms. The van der Waals surface area contributed by atoms with E-state index < -0.39 is 0 Å². The predicted molar refractivity (Wildman–Crippen MR) is 59.3 cm³/mol. The van der Waals surface area contributed by atoms with Crippen LogP contribution in [-0.4, -0.2) is 12.2 Å². The van der Waals surface area contributed by atoms with Crippen LogP contribution in [0.1, 0.15) is 25.7 Å². The Balaban J connectivity index is 1.57. The molecule has 2 heteroatoms. The molecule has 0 aromatic carbocycles. The number of nitrogens with zero attached hydrogens (tertiary/aromatic N) is 1. The van der Waals surface area contributed by atoms with Crippen molar-refractivity contribution >= 4 is 0 Å². The highest BCUT2D eigenvalue weighted by Crippen LogP contribution is 2.61. The van der Waals surface area contributed by atoms with E-state index >= 15 is 0 Å². The van der Waals surface area contributed by atoms with Crippen LogP contribution in [0, 0.1) is 40.9 Å². The van der Waals surface area contributed by atoms with Crippen LogP contribution in [0.3, 0.4) is 0 Å². The van der Waals surface area contributed by atoms with Gasteiger partial charge in [-0.05, 0) is 48.9 Å². The van der Waals surface area contributed by atoms with Crippen LogP contribution in [0.15, 0.2) is 12.2 Å². The van der Waals surface area contributed by atoms with Gasteiger partial charge in [0.25, 0.3) is 0 Å². The fourth-order valence-corrected chi connectivity index (χ4v) is 4.87. The third-order valence-electron chi connectivity index (χ3n) is 5.35. The third kappa shape index (κ3) is 1.00. The lowest BCUT2D eigenvalue weighted by atomic mass is 9.68. The summed E-state index contributed by atoms with van der Waals surface area (Å²) < 4.78 is 6.18. The lowest BCUT2D eigenvalue weighted by Gasteiger charge is -2.33. The fourth-order valence-electron chi connectivity index (χ4n) is 4.87. The standard InChI is InChI=1S/C14H17NO/c15-5-1-2-10-7-11-12-8-3-4-9(6-8)13(12)14(10)16-11/h3-4,8-14H,1-2,6-7H2. The Morgan fingerprint density at radius 2 is 2.00 bits per heavy atom. The largest absolute Gasteiger partial charge is 0.374 e. The van der Waals surface area contributed by atoms with Gasteiger partial charge in [0, 0.05) is 6.42 Å². The summed E-state index contributed by atoms with van der Waals surface area (Å²) >= 11 is 0. The van der Waals surface area contributed by atoms with Crippen molar-refractivity contribution in [3.05, 3.63) is 12.2 Å². The van der Waals surface area contributed by atoms with Crippen molar-refractivity contribution in [3.8, 4) is 6.07 Å². The molecule has 7 unspecified atom stereocenters. The topological polar surface area (TPSA) is 33.0 Å². The first-order chi connectivity index (χ1) is 7.88. The van der Waals surface area contributed by atoms with Crippen molar-refractivity contribution in [2.75, 3.05) is 0 Å². The maximum atomic E-state index is 8.69. The summed E-state index contributed by atoms with van der Waals surface area (Å²) in [5.74, 6) is 3.94. The molecular formula is C14H17NO. The highest BCUT2D eigenvalue weighted by molar-refractivity contribution is 5.21. The monoisotopic (exact) mass is 215 g/mol. The smallest absolute Gasteiger partial charge is 0.0646 e. The van der Waals surface area contributed by atoms with Crippen molar-refractivity contribution in [1.29, 1.82) is 5.26 Å². The first-order valence-corrected chi connectivity index (χ1v) is 6.59. The van der Waals surface area contributed by atoms with Crippen LogP contribution in [0.4, 0.5) is 0 Å². The third-order valence-corrected chi connectivity index (χ3v) is 5.35. The Kier molecular flexibility index (Phi) is 1.79. The highest BCUT2D eigenvalue weighted by Gasteiger charge is 2.61. The zero-order valence-electron chi connectivity index (χ0n) is 9.38. The molecule has 2 nitrogen and oxygen atoms in total. The molecule has 16 heavy (non-hydrogen) atoms. The molecule has 0 aromatic heterocycles. The maximum Gasteiger partial charge on any atom is 0.0646 e. The average molecular weight is 215 g/mol. The number of allylic oxidation sites excluding steroid dienone is 2. The molecular weight excluding hydrogens is 198 g/mol. The Bertz CT molecular complexity index is 383. The lowest BCUT2D eigenvalue weighted by molar-refractivity contribution is 0.0616. The van der Waals surface area contributed by atoms with Crippen molar-refractivity contribution in [2.24, 2.45) is 29.6 Å². The van der Waals surface area contributed by atoms with E-state index in [9.17, 15) is 0 Å². The number of fused-ring (bicyclic) bond motifs is 9. The summed E-state index contributed by atoms with van der Waals surface area (Å²) in [6, 6.07) is 2.28. The van der Waals surface area contributed by atoms with E-state index in [-0.39, 0.29) is 0 Å². The van der Waals surface area contributed by atoms with Crippen molar-refractivity contribution in [2.45, 2.75) is 37.9 Å². The molecule has 0 amide bonds. The molecule has 0 radical (unpaired) electrons. The predicted octanol–water partition coefficient (Wildman–Crippen LogP) is 2.52. The second kappa shape index (κ2) is 3.11. The SMILES string of the molecule is N#CCCC1CC2OC1C1C3C=CC(C3)C21. The summed E-state index contributed by atoms with van der Waals surface area (Å²) in [6.07, 6.45) is 10.3. The summed E-state index contributed by atoms with van der Waals surface area (Å²) in [7, 11) is 0. The van der Waals surface area contributed by atoms with Crippen LogP contribution in [0.2, 0.25) is 0 Å². The molecule has 3 fully saturated rings. The van der Waals surface area contributed by atoms with Gasteiger partial charge in [-0.25, -0.2) is 0 Å². The van der Waals surface area contributed by atoms with Gasteiger partial charge in [-0.2, -0.15) is 5.26 Å². The highest BCUT2D eigenvalue weighted by atomic mass is 16.5. The van der Waals surface area contributed by atoms with Gasteiger partial charge in [0.2, 0.25) is 0 Å². The van der Waals surface area contributed by atoms with Gasteiger partial charge in [0.1, 0.15) is 0 Å². The molecule has 0 spiro atoms. The molecule has 2 heterocycles. The summed E-state index contributed by atoms with van der Waals surface area (Å²) in [5, 5.41) is 8.69. The summed E-state index contributed by atoms with van der Waals surface area (Å²) in [4.78, 5) is 0. The maximum absolute atomic E-state index is 8.69. The van der Waals surface area contributed by atoms with Crippen molar-refractivity contribution in [3.63, 3.8) is 0 Å². The van der Waals surface area contributed by atoms with E-state index in [0.29, 0.717) is 24.5 Å². The van der Waals surface area contributed by atoms with Gasteiger partial charge in [-0.15, -0.1) is 0 Å². The zero-order valence-corrected chi connectivity index (χ0v) is 9.38. The Hall–Kier alpha value is -0.810. The lowest BCUT2D eigenvalue weighted by Crippen LogP contribution is -2.35. The van der Waals surface area contributed by atoms with Crippen LogP contribution < -0.4 is 0 Å². The normalized spacial score (nSPS) is 55.6. The number of rotatable bonds is 2. The molecule has 7 atom stereocenters. The minimum absolute atomic E-state index is 0.489. The number of hydrogen-bond donors (Lipinski definition) is 0. The van der Waals surface area contributed by atoms with Crippen LogP contribution >= 0.6 is 0 Å². The molecule has 4 rings (SSSR count). The molecule has 4 aliphatic rings. The Morgan fingerprint density at radius 1 is 1.19 bits per heavy atom. The number of hydrogen-bond acceptors (Lipinski definition) is 2. The first kappa shape index (κ1) is 9.24. The van der Waals surface area contributed by atoms with Gasteiger partial charge >= 0.3 is 0 Å². The first-order valence-electron chi connectivity index (χ1n) is 6.59. The molecule has 2 aliphatic heterocycles. The Morgan fingerprint density at radius 3 is 2.81 bits per heavy atom. The van der Waals surface area contributed by atoms with Gasteiger partial charge < -0.3 is 4.74 Å². The van der Waals surface area contributed by atoms with Crippen molar-refractivity contribution in [1.82, 2.24) is 0 Å². The molecule has 2 aliphatic carbocycles. The molecule has 1 saturated carbocycles. The summed E-state index contributed by atoms with van der Waals surface area (Å²) in [5.41, 5.74) is 0. The minimum atomic E-state index is 0.489. The van der Waals surface area contributed by atoms with E-state index in [1.54, 1.807) is 0 Å². The van der Waals surface area contributed by atoms with Crippen LogP contribution in [0.5, 0.6) is 0 Å². The average Bonchev–Trinajstić information content (AvgIpc) is 3.02. The fraction of sp³-hybridized carbons (Fsp3) is 0.786. The quantitative estimate of drug-likeness (QED) is 0.663. The van der Waals surface area contributed by atoms with E-state index in [4.69, 9.17) is 10.00 Å². The van der Waals surface area contributed by atoms with Gasteiger partial charge in [-0.3, -0.25) is 0 Å². The second-order valence-electron chi connectivity index (χ2n) is 5.93. The van der Waals surface area contributed by atoms with Crippen LogP contribution in [0.25, 0.3) is 0 Å². The molecule has 2 saturated heterocycles. The molecule has 0 aromatic rings. The van der Waals surface area contributed by atoms with E-state index in [0.717, 1.165) is 30.1 Å². The van der Waals surface area contributed by atoms with Crippen molar-refractivity contribution < 1.29 is 4.74 Å². The van der Waals surface area contributed by atoms with Gasteiger partial charge in [0.05, 0.1) is 18.3 Å². The molecule has 0 N–H and O–H groups in total. The summed E-state index contributed by atoms with van der Waals surface area (Å²) in [6.45, 7) is 0. The number of ether oxygens (including phenoxy) is 1. The number of nitriles is 1. The second-order valence-corrected chi connectivity index (χ2v) is 5.93. The Labute approximate surface area is 96.3 Å². The minimum Gasteiger partial charge on any atom is -0.374 e. The van der Waals surface area contributed by atoms with E-state index in [2.05, 4.69) is 18.2 Å². The van der Waals surface area contributed by atoms with Gasteiger partial charge in [-0.1, -0.05) is 12.2 Å². The van der Waals surface area contributed by atoms with Crippen LogP contribution in [-0.2, 0) is 4.74 Å². The van der Waals surface area contributed by atoms with E-state index in [1.807, 2.05) is 0 Å². The van der Waals surface area contributed by atoms with E-state index in [1.165, 1.54) is 12.8 Å². The zero-order chi connectivity index (χ0) is 10.7.